The molecule has 2 aliphatic heterocycles. The third kappa shape index (κ3) is 4.29. The van der Waals surface area contributed by atoms with E-state index in [9.17, 15) is 9.18 Å². The second-order valence-corrected chi connectivity index (χ2v) is 9.74. The van der Waals surface area contributed by atoms with Crippen molar-refractivity contribution >= 4 is 17.9 Å². The first-order valence-electron chi connectivity index (χ1n) is 12.3. The molecule has 192 valence electrons. The minimum absolute atomic E-state index is 0.159. The average molecular weight is 503 g/mol. The van der Waals surface area contributed by atoms with E-state index in [-0.39, 0.29) is 17.7 Å². The van der Waals surface area contributed by atoms with E-state index in [1.165, 1.54) is 17.0 Å². The molecule has 2 saturated heterocycles. The minimum atomic E-state index is -0.696. The van der Waals surface area contributed by atoms with Crippen LogP contribution in [0.2, 0.25) is 0 Å². The smallest absolute Gasteiger partial charge is 0.259 e. The van der Waals surface area contributed by atoms with Crippen LogP contribution in [0.25, 0.3) is 11.8 Å². The molecule has 2 unspecified atom stereocenters. The molecule has 0 saturated carbocycles. The quantitative estimate of drug-likeness (QED) is 0.517. The van der Waals surface area contributed by atoms with E-state index in [4.69, 9.17) is 10.1 Å². The predicted octanol–water partition coefficient (Wildman–Crippen LogP) is 3.91. The van der Waals surface area contributed by atoms with Gasteiger partial charge in [0.15, 0.2) is 0 Å². The first-order valence-corrected chi connectivity index (χ1v) is 12.3. The summed E-state index contributed by atoms with van der Waals surface area (Å²) in [6.45, 7) is 7.64. The van der Waals surface area contributed by atoms with E-state index in [0.717, 1.165) is 22.5 Å². The lowest BCUT2D eigenvalue weighted by Gasteiger charge is -2.54. The summed E-state index contributed by atoms with van der Waals surface area (Å²) < 4.78 is 21.1. The molecule has 5 rings (SSSR count). The number of carbonyl (C=O) groups is 1. The molecule has 2 aliphatic rings. The number of aromatic nitrogens is 2. The molecule has 3 heterocycles. The molecule has 1 amide bonds. The zero-order valence-corrected chi connectivity index (χ0v) is 21.5. The summed E-state index contributed by atoms with van der Waals surface area (Å²) in [4.78, 5) is 21.9. The van der Waals surface area contributed by atoms with E-state index >= 15 is 0 Å². The molecule has 0 bridgehead atoms. The van der Waals surface area contributed by atoms with Gasteiger partial charge in [0.2, 0.25) is 5.96 Å². The number of ether oxygens (including phenoxy) is 1. The highest BCUT2D eigenvalue weighted by Crippen LogP contribution is 2.38. The lowest BCUT2D eigenvalue weighted by atomic mass is 9.83. The highest BCUT2D eigenvalue weighted by molar-refractivity contribution is 6.12. The molecular weight excluding hydrogens is 471 g/mol. The van der Waals surface area contributed by atoms with Crippen molar-refractivity contribution in [3.63, 3.8) is 0 Å². The number of imidazole rings is 1. The molecule has 8 nitrogen and oxygen atoms in total. The first kappa shape index (κ1) is 24.7. The topological polar surface area (TPSA) is 86.5 Å². The second-order valence-electron chi connectivity index (χ2n) is 9.74. The summed E-state index contributed by atoms with van der Waals surface area (Å²) in [7, 11) is 1.62. The van der Waals surface area contributed by atoms with Crippen LogP contribution in [-0.2, 0) is 4.79 Å². The van der Waals surface area contributed by atoms with E-state index in [2.05, 4.69) is 10.3 Å². The number of aryl methyl sites for hydroxylation is 1. The number of nitrogens with zero attached hydrogens (tertiary/aromatic N) is 4. The van der Waals surface area contributed by atoms with Crippen LogP contribution in [-0.4, -0.2) is 63.5 Å². The van der Waals surface area contributed by atoms with Crippen LogP contribution in [0.1, 0.15) is 36.7 Å². The van der Waals surface area contributed by atoms with E-state index in [1.807, 2.05) is 60.7 Å². The molecule has 1 aromatic heterocycles. The maximum Gasteiger partial charge on any atom is 0.259 e. The largest absolute Gasteiger partial charge is 0.495 e. The average Bonchev–Trinajstić information content (AvgIpc) is 3.32. The van der Waals surface area contributed by atoms with Gasteiger partial charge in [-0.15, -0.1) is 0 Å². The van der Waals surface area contributed by atoms with Crippen molar-refractivity contribution in [1.29, 1.82) is 5.41 Å². The Morgan fingerprint density at radius 2 is 2.00 bits per heavy atom. The van der Waals surface area contributed by atoms with Gasteiger partial charge in [0, 0.05) is 31.4 Å². The summed E-state index contributed by atoms with van der Waals surface area (Å²) in [5, 5.41) is 12.4. The van der Waals surface area contributed by atoms with Gasteiger partial charge in [-0.1, -0.05) is 18.2 Å². The molecule has 0 spiro atoms. The highest BCUT2D eigenvalue weighted by Gasteiger charge is 2.50. The number of amides is 1. The number of hydrogen-bond donors (Lipinski definition) is 2. The summed E-state index contributed by atoms with van der Waals surface area (Å²) in [5.41, 5.74) is 3.21. The number of benzene rings is 2. The number of halogens is 1. The number of hydrogen-bond acceptors (Lipinski definition) is 5. The maximum absolute atomic E-state index is 14.1. The third-order valence-electron chi connectivity index (χ3n) is 7.33. The highest BCUT2D eigenvalue weighted by atomic mass is 19.1. The number of fused-ring (bicyclic) bond motifs is 1. The normalized spacial score (nSPS) is 21.8. The van der Waals surface area contributed by atoms with Gasteiger partial charge in [-0.2, -0.15) is 0 Å². The molecule has 0 radical (unpaired) electrons. The van der Waals surface area contributed by atoms with Crippen molar-refractivity contribution in [2.45, 2.75) is 32.4 Å². The molecule has 3 aromatic rings. The zero-order chi connectivity index (χ0) is 26.3. The summed E-state index contributed by atoms with van der Waals surface area (Å²) in [6, 6.07) is 11.4. The molecule has 2 fully saturated rings. The monoisotopic (exact) mass is 502 g/mol. The van der Waals surface area contributed by atoms with Gasteiger partial charge in [0.1, 0.15) is 11.6 Å². The number of carbonyl (C=O) groups excluding carboxylic acids is 1. The van der Waals surface area contributed by atoms with Crippen molar-refractivity contribution in [1.82, 2.24) is 24.7 Å². The molecule has 2 atom stereocenters. The Hall–Kier alpha value is -3.98. The standard InChI is InChI=1S/C28H31FN6O2/c1-18-15-33(17-32-18)24-10-5-20(14-25(24)37-4)13-23-26(36)35(19(2)21-6-8-22(29)9-7-21)27(30)34-12-11-31-16-28(23,34)3/h5-10,13-15,17,19,30-31H,11-12,16H2,1-4H3. The maximum atomic E-state index is 14.1. The van der Waals surface area contributed by atoms with Gasteiger partial charge in [-0.25, -0.2) is 9.37 Å². The molecule has 0 aliphatic carbocycles. The van der Waals surface area contributed by atoms with Crippen LogP contribution in [0.3, 0.4) is 0 Å². The lowest BCUT2D eigenvalue weighted by Crippen LogP contribution is -2.71. The Bertz CT molecular complexity index is 1380. The third-order valence-corrected chi connectivity index (χ3v) is 7.33. The number of nitrogens with one attached hydrogen (secondary N) is 2. The SMILES string of the molecule is COc1cc(C=C2C(=O)N(C(C)c3ccc(F)cc3)C(=N)N3CCNCC23C)ccc1-n1cnc(C)c1. The van der Waals surface area contributed by atoms with Crippen LogP contribution in [0.15, 0.2) is 60.6 Å². The molecule has 2 N–H and O–H groups in total. The van der Waals surface area contributed by atoms with Crippen molar-refractivity contribution in [3.05, 3.63) is 83.2 Å². The number of guanidine groups is 1. The summed E-state index contributed by atoms with van der Waals surface area (Å²) in [5.74, 6) is 0.238. The Morgan fingerprint density at radius 3 is 2.68 bits per heavy atom. The van der Waals surface area contributed by atoms with Gasteiger partial charge in [-0.05, 0) is 62.2 Å². The fourth-order valence-electron chi connectivity index (χ4n) is 5.22. The van der Waals surface area contributed by atoms with Crippen molar-refractivity contribution in [2.24, 2.45) is 0 Å². The van der Waals surface area contributed by atoms with Gasteiger partial charge in [-0.3, -0.25) is 15.1 Å². The van der Waals surface area contributed by atoms with E-state index in [1.54, 1.807) is 25.6 Å². The van der Waals surface area contributed by atoms with Crippen molar-refractivity contribution < 1.29 is 13.9 Å². The van der Waals surface area contributed by atoms with E-state index < -0.39 is 11.6 Å². The van der Waals surface area contributed by atoms with Crippen LogP contribution >= 0.6 is 0 Å². The van der Waals surface area contributed by atoms with Crippen LogP contribution in [0.5, 0.6) is 5.75 Å². The number of rotatable bonds is 5. The molecule has 9 heteroatoms. The predicted molar refractivity (Wildman–Crippen MR) is 140 cm³/mol. The van der Waals surface area contributed by atoms with Crippen LogP contribution in [0.4, 0.5) is 4.39 Å². The number of methoxy groups -OCH3 is 1. The Labute approximate surface area is 215 Å². The van der Waals surface area contributed by atoms with Crippen molar-refractivity contribution in [2.75, 3.05) is 26.7 Å². The van der Waals surface area contributed by atoms with Crippen LogP contribution in [0, 0.1) is 18.2 Å². The Morgan fingerprint density at radius 1 is 1.24 bits per heavy atom. The second kappa shape index (κ2) is 9.48. The molecular formula is C28H31FN6O2. The number of piperazine rings is 1. The van der Waals surface area contributed by atoms with E-state index in [0.29, 0.717) is 31.0 Å². The van der Waals surface area contributed by atoms with Crippen LogP contribution < -0.4 is 10.1 Å². The Balaban J connectivity index is 1.58. The van der Waals surface area contributed by atoms with Gasteiger partial charge >= 0.3 is 0 Å². The van der Waals surface area contributed by atoms with Gasteiger partial charge in [0.25, 0.3) is 5.91 Å². The first-order chi connectivity index (χ1) is 17.7. The fraction of sp³-hybridized carbons (Fsp3) is 0.321. The minimum Gasteiger partial charge on any atom is -0.495 e. The van der Waals surface area contributed by atoms with Crippen molar-refractivity contribution in [3.8, 4) is 11.4 Å². The summed E-state index contributed by atoms with van der Waals surface area (Å²) in [6.07, 6.45) is 5.56. The lowest BCUT2D eigenvalue weighted by molar-refractivity contribution is -0.129. The zero-order valence-electron chi connectivity index (χ0n) is 21.5. The van der Waals surface area contributed by atoms with Gasteiger partial charge < -0.3 is 19.5 Å². The Kier molecular flexibility index (Phi) is 6.33. The molecule has 2 aromatic carbocycles. The van der Waals surface area contributed by atoms with Gasteiger partial charge in [0.05, 0.1) is 36.4 Å². The molecule has 37 heavy (non-hydrogen) atoms. The fourth-order valence-corrected chi connectivity index (χ4v) is 5.22. The summed E-state index contributed by atoms with van der Waals surface area (Å²) >= 11 is 0.